The number of thiocarbonyl (C=S) groups is 1. The number of nitrogens with zero attached hydrogens (tertiary/aromatic N) is 1. The minimum atomic E-state index is -0.480. The standard InChI is InChI=1S/C17H25N5O2S/c1-17(2,3)24-16(23)21-8-4-7-20-15(25)22-11-12-5-9-18-14-13(12)6-10-19-14/h5-6,9-10H,4,7-8,11H2,1-3H3,(H,18,19)(H,21,23)(H2,20,22,25). The van der Waals surface area contributed by atoms with Crippen LogP contribution < -0.4 is 16.0 Å². The maximum Gasteiger partial charge on any atom is 0.407 e. The fraction of sp³-hybridized carbons (Fsp3) is 0.471. The van der Waals surface area contributed by atoms with Crippen molar-refractivity contribution >= 4 is 34.5 Å². The molecule has 0 saturated heterocycles. The largest absolute Gasteiger partial charge is 0.444 e. The summed E-state index contributed by atoms with van der Waals surface area (Å²) in [7, 11) is 0. The molecule has 2 rings (SSSR count). The Bertz CT molecular complexity index is 723. The zero-order chi connectivity index (χ0) is 18.3. The average molecular weight is 363 g/mol. The number of carbonyl (C=O) groups excluding carboxylic acids is 1. The van der Waals surface area contributed by atoms with E-state index in [2.05, 4.69) is 25.9 Å². The summed E-state index contributed by atoms with van der Waals surface area (Å²) >= 11 is 5.27. The zero-order valence-corrected chi connectivity index (χ0v) is 15.6. The number of fused-ring (bicyclic) bond motifs is 1. The van der Waals surface area contributed by atoms with Crippen LogP contribution in [0.5, 0.6) is 0 Å². The van der Waals surface area contributed by atoms with Crippen molar-refractivity contribution in [3.8, 4) is 0 Å². The number of hydrogen-bond acceptors (Lipinski definition) is 4. The minimum absolute atomic E-state index is 0.401. The number of H-pyrrole nitrogens is 1. The van der Waals surface area contributed by atoms with Gasteiger partial charge in [0.15, 0.2) is 5.11 Å². The highest BCUT2D eigenvalue weighted by atomic mass is 32.1. The van der Waals surface area contributed by atoms with E-state index >= 15 is 0 Å². The van der Waals surface area contributed by atoms with Gasteiger partial charge in [0.2, 0.25) is 0 Å². The number of aromatic amines is 1. The Morgan fingerprint density at radius 3 is 2.76 bits per heavy atom. The first-order valence-corrected chi connectivity index (χ1v) is 8.65. The Morgan fingerprint density at radius 1 is 1.24 bits per heavy atom. The summed E-state index contributed by atoms with van der Waals surface area (Å²) in [6.45, 7) is 7.32. The Balaban J connectivity index is 1.62. The van der Waals surface area contributed by atoms with Gasteiger partial charge in [-0.05, 0) is 57.1 Å². The van der Waals surface area contributed by atoms with Crippen molar-refractivity contribution in [2.45, 2.75) is 39.3 Å². The van der Waals surface area contributed by atoms with Crippen LogP contribution in [0, 0.1) is 0 Å². The Kier molecular flexibility index (Phi) is 6.58. The average Bonchev–Trinajstić information content (AvgIpc) is 3.00. The number of pyridine rings is 1. The Labute approximate surface area is 152 Å². The summed E-state index contributed by atoms with van der Waals surface area (Å²) < 4.78 is 5.17. The molecule has 7 nitrogen and oxygen atoms in total. The molecular formula is C17H25N5O2S. The lowest BCUT2D eigenvalue weighted by Gasteiger charge is -2.19. The maximum atomic E-state index is 11.5. The van der Waals surface area contributed by atoms with Gasteiger partial charge in [0.1, 0.15) is 11.2 Å². The molecule has 0 radical (unpaired) electrons. The molecule has 0 unspecified atom stereocenters. The van der Waals surface area contributed by atoms with Gasteiger partial charge < -0.3 is 25.7 Å². The maximum absolute atomic E-state index is 11.5. The summed E-state index contributed by atoms with van der Waals surface area (Å²) in [6.07, 6.45) is 3.99. The zero-order valence-electron chi connectivity index (χ0n) is 14.8. The molecule has 0 saturated carbocycles. The highest BCUT2D eigenvalue weighted by Crippen LogP contribution is 2.14. The van der Waals surface area contributed by atoms with Crippen molar-refractivity contribution in [3.05, 3.63) is 30.1 Å². The lowest BCUT2D eigenvalue weighted by atomic mass is 10.2. The summed E-state index contributed by atoms with van der Waals surface area (Å²) in [5.74, 6) is 0. The third kappa shape index (κ3) is 6.58. The topological polar surface area (TPSA) is 91.1 Å². The van der Waals surface area contributed by atoms with Crippen LogP contribution in [-0.2, 0) is 11.3 Å². The number of ether oxygens (including phenoxy) is 1. The first kappa shape index (κ1) is 19.0. The van der Waals surface area contributed by atoms with Gasteiger partial charge in [-0.2, -0.15) is 0 Å². The molecule has 25 heavy (non-hydrogen) atoms. The molecule has 0 aliphatic rings. The van der Waals surface area contributed by atoms with Gasteiger partial charge in [-0.1, -0.05) is 0 Å². The number of amides is 1. The van der Waals surface area contributed by atoms with E-state index < -0.39 is 11.7 Å². The van der Waals surface area contributed by atoms with E-state index in [1.54, 1.807) is 6.20 Å². The Hall–Kier alpha value is -2.35. The molecule has 0 aliphatic carbocycles. The molecular weight excluding hydrogens is 338 g/mol. The third-order valence-electron chi connectivity index (χ3n) is 3.30. The number of aromatic nitrogens is 2. The molecule has 0 atom stereocenters. The van der Waals surface area contributed by atoms with Crippen molar-refractivity contribution in [3.63, 3.8) is 0 Å². The lowest BCUT2D eigenvalue weighted by Crippen LogP contribution is -2.37. The van der Waals surface area contributed by atoms with Crippen molar-refractivity contribution in [1.82, 2.24) is 25.9 Å². The van der Waals surface area contributed by atoms with Crippen LogP contribution in [-0.4, -0.2) is 39.9 Å². The highest BCUT2D eigenvalue weighted by Gasteiger charge is 2.15. The van der Waals surface area contributed by atoms with Gasteiger partial charge in [-0.3, -0.25) is 0 Å². The molecule has 2 heterocycles. The SMILES string of the molecule is CC(C)(C)OC(=O)NCCCNC(=S)NCc1ccnc2[nH]ccc12. The van der Waals surface area contributed by atoms with Crippen molar-refractivity contribution < 1.29 is 9.53 Å². The van der Waals surface area contributed by atoms with Gasteiger partial charge in [0, 0.05) is 37.4 Å². The van der Waals surface area contributed by atoms with E-state index in [-0.39, 0.29) is 0 Å². The molecule has 0 fully saturated rings. The van der Waals surface area contributed by atoms with Crippen molar-refractivity contribution in [2.24, 2.45) is 0 Å². The number of carbonyl (C=O) groups is 1. The lowest BCUT2D eigenvalue weighted by molar-refractivity contribution is 0.0527. The third-order valence-corrected chi connectivity index (χ3v) is 3.59. The van der Waals surface area contributed by atoms with Crippen LogP contribution in [0.1, 0.15) is 32.8 Å². The molecule has 0 spiro atoms. The molecule has 136 valence electrons. The first-order valence-electron chi connectivity index (χ1n) is 8.25. The summed E-state index contributed by atoms with van der Waals surface area (Å²) in [4.78, 5) is 18.8. The molecule has 0 aromatic carbocycles. The van der Waals surface area contributed by atoms with Crippen LogP contribution in [0.25, 0.3) is 11.0 Å². The number of hydrogen-bond donors (Lipinski definition) is 4. The molecule has 8 heteroatoms. The van der Waals surface area contributed by atoms with Crippen LogP contribution in [0.15, 0.2) is 24.5 Å². The summed E-state index contributed by atoms with van der Waals surface area (Å²) in [5, 5.41) is 10.7. The van der Waals surface area contributed by atoms with E-state index in [1.807, 2.05) is 39.1 Å². The number of nitrogens with one attached hydrogen (secondary N) is 4. The van der Waals surface area contributed by atoms with Gasteiger partial charge in [-0.15, -0.1) is 0 Å². The van der Waals surface area contributed by atoms with E-state index in [0.717, 1.165) is 23.0 Å². The molecule has 0 aliphatic heterocycles. The van der Waals surface area contributed by atoms with E-state index in [0.29, 0.717) is 24.7 Å². The van der Waals surface area contributed by atoms with Crippen LogP contribution in [0.3, 0.4) is 0 Å². The predicted molar refractivity (Wildman–Crippen MR) is 102 cm³/mol. The second-order valence-corrected chi connectivity index (χ2v) is 7.01. The van der Waals surface area contributed by atoms with E-state index in [9.17, 15) is 4.79 Å². The molecule has 0 bridgehead atoms. The fourth-order valence-corrected chi connectivity index (χ4v) is 2.38. The van der Waals surface area contributed by atoms with Crippen LogP contribution >= 0.6 is 12.2 Å². The van der Waals surface area contributed by atoms with Gasteiger partial charge >= 0.3 is 6.09 Å². The van der Waals surface area contributed by atoms with Gasteiger partial charge in [-0.25, -0.2) is 9.78 Å². The minimum Gasteiger partial charge on any atom is -0.444 e. The van der Waals surface area contributed by atoms with Gasteiger partial charge in [0.25, 0.3) is 0 Å². The second-order valence-electron chi connectivity index (χ2n) is 6.60. The number of rotatable bonds is 6. The van der Waals surface area contributed by atoms with E-state index in [4.69, 9.17) is 17.0 Å². The quantitative estimate of drug-likeness (QED) is 0.465. The predicted octanol–water partition coefficient (Wildman–Crippen LogP) is 2.44. The van der Waals surface area contributed by atoms with Crippen molar-refractivity contribution in [1.29, 1.82) is 0 Å². The second kappa shape index (κ2) is 8.66. The first-order chi connectivity index (χ1) is 11.8. The monoisotopic (exact) mass is 363 g/mol. The normalized spacial score (nSPS) is 11.2. The molecule has 2 aromatic rings. The fourth-order valence-electron chi connectivity index (χ4n) is 2.21. The van der Waals surface area contributed by atoms with Gasteiger partial charge in [0.05, 0.1) is 0 Å². The highest BCUT2D eigenvalue weighted by molar-refractivity contribution is 7.80. The smallest absolute Gasteiger partial charge is 0.407 e. The molecule has 1 amide bonds. The molecule has 2 aromatic heterocycles. The summed E-state index contributed by atoms with van der Waals surface area (Å²) in [6, 6.07) is 3.97. The van der Waals surface area contributed by atoms with Crippen molar-refractivity contribution in [2.75, 3.05) is 13.1 Å². The van der Waals surface area contributed by atoms with Crippen LogP contribution in [0.2, 0.25) is 0 Å². The Morgan fingerprint density at radius 2 is 2.00 bits per heavy atom. The van der Waals surface area contributed by atoms with Crippen LogP contribution in [0.4, 0.5) is 4.79 Å². The van der Waals surface area contributed by atoms with E-state index in [1.165, 1.54) is 0 Å². The number of alkyl carbamates (subject to hydrolysis) is 1. The summed E-state index contributed by atoms with van der Waals surface area (Å²) in [5.41, 5.74) is 1.51. The molecule has 4 N–H and O–H groups in total.